The molecule has 3 aromatic heterocycles. The number of pyridine rings is 2. The van der Waals surface area contributed by atoms with Crippen molar-refractivity contribution in [3.05, 3.63) is 59.1 Å². The summed E-state index contributed by atoms with van der Waals surface area (Å²) in [6.07, 6.45) is 8.98. The molecular formula is C24H24ClFN4O. The highest BCUT2D eigenvalue weighted by atomic mass is 35.5. The fourth-order valence-corrected chi connectivity index (χ4v) is 4.98. The minimum absolute atomic E-state index is 0.202. The van der Waals surface area contributed by atoms with Crippen LogP contribution >= 0.6 is 11.6 Å². The van der Waals surface area contributed by atoms with Crippen molar-refractivity contribution in [1.82, 2.24) is 15.0 Å². The lowest BCUT2D eigenvalue weighted by Crippen LogP contribution is -2.23. The molecule has 4 aromatic rings. The van der Waals surface area contributed by atoms with Crippen molar-refractivity contribution in [1.29, 1.82) is 0 Å². The Labute approximate surface area is 185 Å². The monoisotopic (exact) mass is 438 g/mol. The molecule has 0 saturated heterocycles. The maximum absolute atomic E-state index is 13.8. The van der Waals surface area contributed by atoms with Crippen LogP contribution in [0.3, 0.4) is 0 Å². The van der Waals surface area contributed by atoms with Crippen molar-refractivity contribution in [3.63, 3.8) is 0 Å². The van der Waals surface area contributed by atoms with Crippen molar-refractivity contribution in [2.75, 3.05) is 5.32 Å². The number of nitrogens with one attached hydrogen (secondary N) is 1. The summed E-state index contributed by atoms with van der Waals surface area (Å²) in [4.78, 5) is 13.0. The molecule has 3 heterocycles. The number of oxazole rings is 1. The van der Waals surface area contributed by atoms with Crippen LogP contribution in [0.15, 0.2) is 47.1 Å². The van der Waals surface area contributed by atoms with E-state index in [-0.39, 0.29) is 11.9 Å². The molecule has 1 aromatic carbocycles. The highest BCUT2D eigenvalue weighted by molar-refractivity contribution is 6.30. The van der Waals surface area contributed by atoms with Crippen LogP contribution in [0.2, 0.25) is 5.02 Å². The number of benzene rings is 1. The number of hydrogen-bond acceptors (Lipinski definition) is 5. The average molecular weight is 439 g/mol. The van der Waals surface area contributed by atoms with Crippen LogP contribution in [0.1, 0.15) is 50.5 Å². The predicted octanol–water partition coefficient (Wildman–Crippen LogP) is 6.73. The zero-order valence-electron chi connectivity index (χ0n) is 17.3. The van der Waals surface area contributed by atoms with Crippen LogP contribution in [-0.2, 0) is 0 Å². The van der Waals surface area contributed by atoms with E-state index in [1.54, 1.807) is 24.4 Å². The fraction of sp³-hybridized carbons (Fsp3) is 0.375. The molecule has 7 heteroatoms. The number of nitrogens with zero attached hydrogens (tertiary/aromatic N) is 3. The number of rotatable bonds is 5. The van der Waals surface area contributed by atoms with E-state index in [0.29, 0.717) is 34.1 Å². The Morgan fingerprint density at radius 3 is 2.84 bits per heavy atom. The van der Waals surface area contributed by atoms with Crippen LogP contribution in [-0.4, -0.2) is 21.0 Å². The van der Waals surface area contributed by atoms with Crippen LogP contribution in [0.5, 0.6) is 0 Å². The van der Waals surface area contributed by atoms with Gasteiger partial charge >= 0.3 is 0 Å². The maximum atomic E-state index is 13.8. The standard InChI is InChI=1S/C24H24ClFN4O/c1-14(29-24-30-23-22(31-24)11-17(25)13-28-23)10-15-2-4-16(5-3-15)19-8-9-27-21-7-6-18(26)12-20(19)21/h6-9,11-16H,2-5,10H2,1H3,(H,28,29,30)/t14?,15-,16+. The van der Waals surface area contributed by atoms with Gasteiger partial charge in [-0.05, 0) is 80.7 Å². The molecule has 1 saturated carbocycles. The summed E-state index contributed by atoms with van der Waals surface area (Å²) in [5.74, 6) is 0.896. The molecule has 0 aliphatic heterocycles. The smallest absolute Gasteiger partial charge is 0.297 e. The quantitative estimate of drug-likeness (QED) is 0.374. The summed E-state index contributed by atoms with van der Waals surface area (Å²) in [5.41, 5.74) is 3.24. The SMILES string of the molecule is CC(C[C@H]1CC[C@@H](c2ccnc3ccc(F)cc32)CC1)Nc1nc2ncc(Cl)cc2o1. The lowest BCUT2D eigenvalue weighted by Gasteiger charge is -2.31. The third-order valence-electron chi connectivity index (χ3n) is 6.29. The molecule has 5 rings (SSSR count). The fourth-order valence-electron chi connectivity index (χ4n) is 4.83. The van der Waals surface area contributed by atoms with E-state index in [1.807, 2.05) is 6.20 Å². The average Bonchev–Trinajstić information content (AvgIpc) is 3.15. The lowest BCUT2D eigenvalue weighted by molar-refractivity contribution is 0.301. The molecule has 1 N–H and O–H groups in total. The normalized spacial score (nSPS) is 20.2. The Morgan fingerprint density at radius 2 is 2.00 bits per heavy atom. The van der Waals surface area contributed by atoms with Gasteiger partial charge in [-0.3, -0.25) is 4.98 Å². The summed E-state index contributed by atoms with van der Waals surface area (Å²) in [6, 6.07) is 9.37. The minimum atomic E-state index is -0.202. The van der Waals surface area contributed by atoms with E-state index in [2.05, 4.69) is 33.3 Å². The second-order valence-corrected chi connectivity index (χ2v) is 8.99. The largest absolute Gasteiger partial charge is 0.422 e. The number of fused-ring (bicyclic) bond motifs is 2. The van der Waals surface area contributed by atoms with Gasteiger partial charge < -0.3 is 9.73 Å². The highest BCUT2D eigenvalue weighted by Crippen LogP contribution is 2.40. The van der Waals surface area contributed by atoms with Crippen LogP contribution in [0.25, 0.3) is 22.1 Å². The first kappa shape index (κ1) is 20.2. The van der Waals surface area contributed by atoms with Crippen LogP contribution < -0.4 is 5.32 Å². The van der Waals surface area contributed by atoms with Gasteiger partial charge in [-0.15, -0.1) is 0 Å². The van der Waals surface area contributed by atoms with Gasteiger partial charge in [0.15, 0.2) is 5.58 Å². The summed E-state index contributed by atoms with van der Waals surface area (Å²) in [5, 5.41) is 4.84. The van der Waals surface area contributed by atoms with Crippen LogP contribution in [0, 0.1) is 11.7 Å². The zero-order chi connectivity index (χ0) is 21.4. The molecule has 0 spiro atoms. The number of anilines is 1. The molecule has 1 fully saturated rings. The minimum Gasteiger partial charge on any atom is -0.422 e. The van der Waals surface area contributed by atoms with E-state index < -0.39 is 0 Å². The third kappa shape index (κ3) is 4.35. The first-order valence-electron chi connectivity index (χ1n) is 10.8. The number of halogens is 2. The molecule has 0 bridgehead atoms. The highest BCUT2D eigenvalue weighted by Gasteiger charge is 2.25. The summed E-state index contributed by atoms with van der Waals surface area (Å²) < 4.78 is 19.5. The Hall–Kier alpha value is -2.73. The second-order valence-electron chi connectivity index (χ2n) is 8.55. The molecule has 0 amide bonds. The molecule has 0 radical (unpaired) electrons. The Kier molecular flexibility index (Phi) is 5.48. The van der Waals surface area contributed by atoms with Gasteiger partial charge in [-0.1, -0.05) is 11.6 Å². The molecular weight excluding hydrogens is 415 g/mol. The van der Waals surface area contributed by atoms with Gasteiger partial charge in [0.2, 0.25) is 5.65 Å². The van der Waals surface area contributed by atoms with Crippen LogP contribution in [0.4, 0.5) is 10.4 Å². The van der Waals surface area contributed by atoms with E-state index in [0.717, 1.165) is 43.0 Å². The van der Waals surface area contributed by atoms with Crippen molar-refractivity contribution in [2.24, 2.45) is 5.92 Å². The third-order valence-corrected chi connectivity index (χ3v) is 6.50. The molecule has 1 atom stereocenters. The Morgan fingerprint density at radius 1 is 1.16 bits per heavy atom. The van der Waals surface area contributed by atoms with E-state index in [9.17, 15) is 4.39 Å². The Bertz CT molecular complexity index is 1220. The number of aromatic nitrogens is 3. The van der Waals surface area contributed by atoms with Gasteiger partial charge in [0.1, 0.15) is 5.82 Å². The number of hydrogen-bond donors (Lipinski definition) is 1. The van der Waals surface area contributed by atoms with E-state index in [4.69, 9.17) is 16.0 Å². The summed E-state index contributed by atoms with van der Waals surface area (Å²) >= 11 is 5.97. The van der Waals surface area contributed by atoms with Crippen molar-refractivity contribution in [3.8, 4) is 0 Å². The van der Waals surface area contributed by atoms with Gasteiger partial charge in [0, 0.05) is 29.9 Å². The second kappa shape index (κ2) is 8.42. The topological polar surface area (TPSA) is 63.8 Å². The van der Waals surface area contributed by atoms with Crippen molar-refractivity contribution >= 4 is 39.7 Å². The van der Waals surface area contributed by atoms with Gasteiger partial charge in [-0.2, -0.15) is 4.98 Å². The first-order chi connectivity index (χ1) is 15.0. The predicted molar refractivity (Wildman–Crippen MR) is 121 cm³/mol. The molecule has 5 nitrogen and oxygen atoms in total. The van der Waals surface area contributed by atoms with Gasteiger partial charge in [-0.25, -0.2) is 9.37 Å². The molecule has 1 unspecified atom stereocenters. The molecule has 1 aliphatic rings. The van der Waals surface area contributed by atoms with Crippen molar-refractivity contribution in [2.45, 2.75) is 51.0 Å². The Balaban J connectivity index is 1.20. The maximum Gasteiger partial charge on any atom is 0.297 e. The van der Waals surface area contributed by atoms with E-state index >= 15 is 0 Å². The zero-order valence-corrected chi connectivity index (χ0v) is 18.1. The van der Waals surface area contributed by atoms with Gasteiger partial charge in [0.05, 0.1) is 10.5 Å². The van der Waals surface area contributed by atoms with E-state index in [1.165, 1.54) is 11.6 Å². The van der Waals surface area contributed by atoms with Crippen molar-refractivity contribution < 1.29 is 8.81 Å². The molecule has 1 aliphatic carbocycles. The summed E-state index contributed by atoms with van der Waals surface area (Å²) in [6.45, 7) is 2.15. The first-order valence-corrected chi connectivity index (χ1v) is 11.2. The molecule has 31 heavy (non-hydrogen) atoms. The van der Waals surface area contributed by atoms with Gasteiger partial charge in [0.25, 0.3) is 6.01 Å². The lowest BCUT2D eigenvalue weighted by atomic mass is 9.76. The summed E-state index contributed by atoms with van der Waals surface area (Å²) in [7, 11) is 0. The molecule has 160 valence electrons.